The van der Waals surface area contributed by atoms with Gasteiger partial charge in [-0.1, -0.05) is 41.6 Å². The zero-order valence-corrected chi connectivity index (χ0v) is 15.0. The third-order valence-corrected chi connectivity index (χ3v) is 5.22. The Morgan fingerprint density at radius 1 is 1.04 bits per heavy atom. The molecule has 1 atom stereocenters. The van der Waals surface area contributed by atoms with Crippen LogP contribution in [0.2, 0.25) is 0 Å². The second kappa shape index (κ2) is 6.96. The summed E-state index contributed by atoms with van der Waals surface area (Å²) < 4.78 is 7.70. The lowest BCUT2D eigenvalue weighted by Gasteiger charge is -2.31. The molecule has 3 aromatic heterocycles. The molecule has 0 aliphatic carbocycles. The monoisotopic (exact) mass is 359 g/mol. The number of pyridine rings is 1. The molecule has 1 fully saturated rings. The molecule has 136 valence electrons. The predicted octanol–water partition coefficient (Wildman–Crippen LogP) is 3.76. The van der Waals surface area contributed by atoms with Crippen molar-refractivity contribution in [2.24, 2.45) is 0 Å². The minimum absolute atomic E-state index is 0.382. The molecule has 0 bridgehead atoms. The minimum atomic E-state index is 0.382. The number of likely N-dealkylation sites (tertiary alicyclic amines) is 1. The van der Waals surface area contributed by atoms with Crippen LogP contribution in [0.25, 0.3) is 16.9 Å². The number of hydrogen-bond donors (Lipinski definition) is 0. The van der Waals surface area contributed by atoms with Gasteiger partial charge in [0, 0.05) is 30.3 Å². The van der Waals surface area contributed by atoms with E-state index in [4.69, 9.17) is 4.52 Å². The van der Waals surface area contributed by atoms with Crippen molar-refractivity contribution < 1.29 is 4.52 Å². The van der Waals surface area contributed by atoms with Crippen LogP contribution in [0.4, 0.5) is 0 Å². The van der Waals surface area contributed by atoms with Crippen LogP contribution in [0.15, 0.2) is 65.3 Å². The molecule has 27 heavy (non-hydrogen) atoms. The van der Waals surface area contributed by atoms with E-state index in [1.807, 2.05) is 48.7 Å². The molecule has 4 aromatic rings. The van der Waals surface area contributed by atoms with E-state index in [0.717, 1.165) is 61.0 Å². The van der Waals surface area contributed by atoms with Gasteiger partial charge in [-0.15, -0.1) is 10.2 Å². The summed E-state index contributed by atoms with van der Waals surface area (Å²) in [5, 5.41) is 13.0. The number of aromatic nitrogens is 4. The number of piperidine rings is 1. The largest absolute Gasteiger partial charge is 0.359 e. The average molecular weight is 359 g/mol. The fourth-order valence-electron chi connectivity index (χ4n) is 3.90. The zero-order valence-electron chi connectivity index (χ0n) is 15.0. The van der Waals surface area contributed by atoms with Crippen molar-refractivity contribution >= 4 is 5.65 Å². The van der Waals surface area contributed by atoms with Gasteiger partial charge < -0.3 is 4.52 Å². The summed E-state index contributed by atoms with van der Waals surface area (Å²) in [6.45, 7) is 2.79. The predicted molar refractivity (Wildman–Crippen MR) is 102 cm³/mol. The standard InChI is InChI=1S/C21H21N5O/c1-2-7-16(8-3-1)19-13-18(27-24-19)15-25-11-6-9-17(14-25)21-23-22-20-10-4-5-12-26(20)21/h1-5,7-8,10,12-13,17H,6,9,11,14-15H2. The van der Waals surface area contributed by atoms with Crippen molar-refractivity contribution in [3.63, 3.8) is 0 Å². The second-order valence-electron chi connectivity index (χ2n) is 7.11. The van der Waals surface area contributed by atoms with E-state index in [0.29, 0.717) is 5.92 Å². The van der Waals surface area contributed by atoms with Gasteiger partial charge in [0.15, 0.2) is 11.4 Å². The lowest BCUT2D eigenvalue weighted by Crippen LogP contribution is -2.34. The third kappa shape index (κ3) is 3.24. The molecule has 1 saturated heterocycles. The smallest absolute Gasteiger partial charge is 0.160 e. The number of fused-ring (bicyclic) bond motifs is 1. The van der Waals surface area contributed by atoms with Gasteiger partial charge in [0.2, 0.25) is 0 Å². The van der Waals surface area contributed by atoms with E-state index in [-0.39, 0.29) is 0 Å². The second-order valence-corrected chi connectivity index (χ2v) is 7.11. The molecular weight excluding hydrogens is 338 g/mol. The molecule has 1 aromatic carbocycles. The maximum absolute atomic E-state index is 5.59. The van der Waals surface area contributed by atoms with Gasteiger partial charge in [0.25, 0.3) is 0 Å². The molecule has 0 amide bonds. The molecule has 0 saturated carbocycles. The van der Waals surface area contributed by atoms with Crippen molar-refractivity contribution in [2.75, 3.05) is 13.1 Å². The minimum Gasteiger partial charge on any atom is -0.359 e. The first kappa shape index (κ1) is 16.2. The van der Waals surface area contributed by atoms with Crippen LogP contribution in [-0.4, -0.2) is 37.7 Å². The van der Waals surface area contributed by atoms with Crippen LogP contribution in [-0.2, 0) is 6.54 Å². The lowest BCUT2D eigenvalue weighted by atomic mass is 9.97. The first-order chi connectivity index (χ1) is 13.4. The Morgan fingerprint density at radius 2 is 1.93 bits per heavy atom. The van der Waals surface area contributed by atoms with Crippen LogP contribution in [0.3, 0.4) is 0 Å². The highest BCUT2D eigenvalue weighted by Crippen LogP contribution is 2.27. The Labute approximate surface area is 157 Å². The Morgan fingerprint density at radius 3 is 2.85 bits per heavy atom. The molecular formula is C21H21N5O. The van der Waals surface area contributed by atoms with E-state index in [9.17, 15) is 0 Å². The normalized spacial score (nSPS) is 18.1. The molecule has 1 aliphatic rings. The Kier molecular flexibility index (Phi) is 4.18. The van der Waals surface area contributed by atoms with E-state index in [1.54, 1.807) is 0 Å². The van der Waals surface area contributed by atoms with Gasteiger partial charge in [-0.2, -0.15) is 0 Å². The van der Waals surface area contributed by atoms with Crippen LogP contribution in [0.5, 0.6) is 0 Å². The first-order valence-electron chi connectivity index (χ1n) is 9.40. The van der Waals surface area contributed by atoms with Crippen molar-refractivity contribution in [3.05, 3.63) is 72.4 Å². The summed E-state index contributed by atoms with van der Waals surface area (Å²) in [6, 6.07) is 18.2. The van der Waals surface area contributed by atoms with E-state index >= 15 is 0 Å². The molecule has 6 nitrogen and oxygen atoms in total. The number of rotatable bonds is 4. The summed E-state index contributed by atoms with van der Waals surface area (Å²) in [7, 11) is 0. The van der Waals surface area contributed by atoms with Gasteiger partial charge in [-0.25, -0.2) is 0 Å². The Bertz CT molecular complexity index is 1040. The number of hydrogen-bond acceptors (Lipinski definition) is 5. The van der Waals surface area contributed by atoms with E-state index in [2.05, 4.69) is 36.8 Å². The summed E-state index contributed by atoms with van der Waals surface area (Å²) in [5.41, 5.74) is 2.88. The third-order valence-electron chi connectivity index (χ3n) is 5.22. The molecule has 6 heteroatoms. The molecule has 5 rings (SSSR count). The van der Waals surface area contributed by atoms with Crippen LogP contribution >= 0.6 is 0 Å². The summed E-state index contributed by atoms with van der Waals surface area (Å²) in [4.78, 5) is 2.42. The van der Waals surface area contributed by atoms with Crippen LogP contribution < -0.4 is 0 Å². The summed E-state index contributed by atoms with van der Waals surface area (Å²) in [5.74, 6) is 2.34. The molecule has 0 spiro atoms. The highest BCUT2D eigenvalue weighted by molar-refractivity contribution is 5.58. The van der Waals surface area contributed by atoms with Gasteiger partial charge in [0.1, 0.15) is 11.5 Å². The lowest BCUT2D eigenvalue weighted by molar-refractivity contribution is 0.177. The highest BCUT2D eigenvalue weighted by atomic mass is 16.5. The SMILES string of the molecule is c1ccc(-c2cc(CN3CCCC(c4nnc5ccccn45)C3)on2)cc1. The van der Waals surface area contributed by atoms with Gasteiger partial charge >= 0.3 is 0 Å². The Hall–Kier alpha value is -2.99. The zero-order chi connectivity index (χ0) is 18.1. The van der Waals surface area contributed by atoms with E-state index in [1.165, 1.54) is 0 Å². The van der Waals surface area contributed by atoms with Crippen molar-refractivity contribution in [2.45, 2.75) is 25.3 Å². The highest BCUT2D eigenvalue weighted by Gasteiger charge is 2.26. The van der Waals surface area contributed by atoms with Gasteiger partial charge in [0.05, 0.1) is 6.54 Å². The number of nitrogens with zero attached hydrogens (tertiary/aromatic N) is 5. The summed E-state index contributed by atoms with van der Waals surface area (Å²) in [6.07, 6.45) is 4.33. The maximum Gasteiger partial charge on any atom is 0.160 e. The molecule has 0 radical (unpaired) electrons. The van der Waals surface area contributed by atoms with Crippen molar-refractivity contribution in [1.29, 1.82) is 0 Å². The van der Waals surface area contributed by atoms with Gasteiger partial charge in [-0.05, 0) is 31.5 Å². The maximum atomic E-state index is 5.59. The first-order valence-corrected chi connectivity index (χ1v) is 9.40. The topological polar surface area (TPSA) is 59.5 Å². The quantitative estimate of drug-likeness (QED) is 0.555. The van der Waals surface area contributed by atoms with E-state index < -0.39 is 0 Å². The van der Waals surface area contributed by atoms with Crippen molar-refractivity contribution in [1.82, 2.24) is 24.7 Å². The Balaban J connectivity index is 1.31. The van der Waals surface area contributed by atoms with Crippen LogP contribution in [0.1, 0.15) is 30.3 Å². The fraction of sp³-hybridized carbons (Fsp3) is 0.286. The molecule has 1 aliphatic heterocycles. The van der Waals surface area contributed by atoms with Gasteiger partial charge in [-0.3, -0.25) is 9.30 Å². The van der Waals surface area contributed by atoms with Crippen molar-refractivity contribution in [3.8, 4) is 11.3 Å². The fourth-order valence-corrected chi connectivity index (χ4v) is 3.90. The number of benzene rings is 1. The van der Waals surface area contributed by atoms with Crippen LogP contribution in [0, 0.1) is 0 Å². The molecule has 1 unspecified atom stereocenters. The molecule has 4 heterocycles. The summed E-state index contributed by atoms with van der Waals surface area (Å²) >= 11 is 0. The average Bonchev–Trinajstić information content (AvgIpc) is 3.36. The molecule has 0 N–H and O–H groups in total.